The summed E-state index contributed by atoms with van der Waals surface area (Å²) in [5, 5.41) is 0. The van der Waals surface area contributed by atoms with E-state index in [1.54, 1.807) is 7.05 Å². The molecule has 4 nitrogen and oxygen atoms in total. The molecule has 1 saturated carbocycles. The Hall–Kier alpha value is -0.130. The van der Waals surface area contributed by atoms with E-state index < -0.39 is 10.2 Å². The van der Waals surface area contributed by atoms with Crippen molar-refractivity contribution in [1.82, 2.24) is 9.03 Å². The van der Waals surface area contributed by atoms with Crippen LogP contribution in [0.2, 0.25) is 0 Å². The predicted molar refractivity (Wildman–Crippen MR) is 61.8 cm³/mol. The quantitative estimate of drug-likeness (QED) is 0.801. The SMILES string of the molecule is CC(C)NS(=O)(=O)N(C)C1CCCCC1. The monoisotopic (exact) mass is 234 g/mol. The molecule has 5 heteroatoms. The summed E-state index contributed by atoms with van der Waals surface area (Å²) in [7, 11) is -1.59. The highest BCUT2D eigenvalue weighted by Gasteiger charge is 2.27. The Kier molecular flexibility index (Phi) is 4.55. The first-order chi connectivity index (χ1) is 6.93. The van der Waals surface area contributed by atoms with Gasteiger partial charge in [-0.05, 0) is 26.7 Å². The summed E-state index contributed by atoms with van der Waals surface area (Å²) in [6, 6.07) is 0.149. The second-order valence-electron chi connectivity index (χ2n) is 4.59. The molecule has 1 aliphatic rings. The second kappa shape index (κ2) is 5.27. The summed E-state index contributed by atoms with van der Waals surface area (Å²) in [4.78, 5) is 0. The molecule has 1 N–H and O–H groups in total. The molecule has 0 heterocycles. The van der Waals surface area contributed by atoms with Gasteiger partial charge in [0.05, 0.1) is 0 Å². The Balaban J connectivity index is 2.61. The third-order valence-corrected chi connectivity index (χ3v) is 4.68. The van der Waals surface area contributed by atoms with E-state index in [0.29, 0.717) is 0 Å². The van der Waals surface area contributed by atoms with Crippen LogP contribution in [0.4, 0.5) is 0 Å². The molecule has 0 aromatic heterocycles. The van der Waals surface area contributed by atoms with Gasteiger partial charge in [-0.15, -0.1) is 0 Å². The molecule has 0 unspecified atom stereocenters. The summed E-state index contributed by atoms with van der Waals surface area (Å²) in [6.07, 6.45) is 5.52. The van der Waals surface area contributed by atoms with Crippen LogP contribution in [0, 0.1) is 0 Å². The second-order valence-corrected chi connectivity index (χ2v) is 6.35. The number of hydrogen-bond donors (Lipinski definition) is 1. The van der Waals surface area contributed by atoms with Crippen LogP contribution in [0.15, 0.2) is 0 Å². The van der Waals surface area contributed by atoms with E-state index in [9.17, 15) is 8.42 Å². The van der Waals surface area contributed by atoms with Crippen molar-refractivity contribution in [1.29, 1.82) is 0 Å². The molecule has 0 aromatic carbocycles. The van der Waals surface area contributed by atoms with Crippen LogP contribution < -0.4 is 4.72 Å². The molecule has 0 amide bonds. The first kappa shape index (κ1) is 12.9. The number of nitrogens with zero attached hydrogens (tertiary/aromatic N) is 1. The van der Waals surface area contributed by atoms with Gasteiger partial charge in [-0.2, -0.15) is 17.4 Å². The highest BCUT2D eigenvalue weighted by atomic mass is 32.2. The van der Waals surface area contributed by atoms with Crippen LogP contribution in [0.5, 0.6) is 0 Å². The van der Waals surface area contributed by atoms with E-state index in [1.807, 2.05) is 13.8 Å². The van der Waals surface area contributed by atoms with Crippen molar-refractivity contribution in [2.24, 2.45) is 0 Å². The van der Waals surface area contributed by atoms with Gasteiger partial charge in [-0.3, -0.25) is 0 Å². The summed E-state index contributed by atoms with van der Waals surface area (Å²) < 4.78 is 27.8. The molecular weight excluding hydrogens is 212 g/mol. The largest absolute Gasteiger partial charge is 0.279 e. The topological polar surface area (TPSA) is 49.4 Å². The lowest BCUT2D eigenvalue weighted by molar-refractivity contribution is 0.282. The lowest BCUT2D eigenvalue weighted by atomic mass is 9.96. The zero-order valence-corrected chi connectivity index (χ0v) is 10.7. The van der Waals surface area contributed by atoms with Crippen molar-refractivity contribution in [2.45, 2.75) is 58.0 Å². The van der Waals surface area contributed by atoms with Crippen molar-refractivity contribution in [3.05, 3.63) is 0 Å². The molecule has 1 rings (SSSR count). The molecule has 1 aliphatic carbocycles. The van der Waals surface area contributed by atoms with E-state index in [1.165, 1.54) is 10.7 Å². The molecule has 15 heavy (non-hydrogen) atoms. The lowest BCUT2D eigenvalue weighted by Crippen LogP contribution is -2.46. The summed E-state index contributed by atoms with van der Waals surface area (Å²) >= 11 is 0. The first-order valence-electron chi connectivity index (χ1n) is 5.69. The Bertz CT molecular complexity index is 282. The molecular formula is C10H22N2O2S. The van der Waals surface area contributed by atoms with Crippen LogP contribution in [0.1, 0.15) is 46.0 Å². The van der Waals surface area contributed by atoms with Gasteiger partial charge in [0.25, 0.3) is 10.2 Å². The summed E-state index contributed by atoms with van der Waals surface area (Å²) in [5.41, 5.74) is 0. The van der Waals surface area contributed by atoms with Gasteiger partial charge in [0.2, 0.25) is 0 Å². The Morgan fingerprint density at radius 3 is 2.20 bits per heavy atom. The summed E-state index contributed by atoms with van der Waals surface area (Å²) in [5.74, 6) is 0. The first-order valence-corrected chi connectivity index (χ1v) is 7.13. The molecule has 0 bridgehead atoms. The van der Waals surface area contributed by atoms with Crippen molar-refractivity contribution < 1.29 is 8.42 Å². The normalized spacial score (nSPS) is 20.1. The number of hydrogen-bond acceptors (Lipinski definition) is 2. The maximum absolute atomic E-state index is 11.9. The predicted octanol–water partition coefficient (Wildman–Crippen LogP) is 1.49. The van der Waals surface area contributed by atoms with Crippen molar-refractivity contribution in [2.75, 3.05) is 7.05 Å². The van der Waals surface area contributed by atoms with Crippen LogP contribution in [0.25, 0.3) is 0 Å². The highest BCUT2D eigenvalue weighted by molar-refractivity contribution is 7.87. The maximum atomic E-state index is 11.9. The average molecular weight is 234 g/mol. The number of rotatable bonds is 4. The standard InChI is InChI=1S/C10H22N2O2S/c1-9(2)11-15(13,14)12(3)10-7-5-4-6-8-10/h9-11H,4-8H2,1-3H3. The van der Waals surface area contributed by atoms with Crippen LogP contribution in [-0.4, -0.2) is 31.9 Å². The molecule has 0 radical (unpaired) electrons. The Labute approximate surface area is 93.2 Å². The van der Waals surface area contributed by atoms with Crippen LogP contribution in [0.3, 0.4) is 0 Å². The molecule has 0 spiro atoms. The van der Waals surface area contributed by atoms with E-state index in [4.69, 9.17) is 0 Å². The highest BCUT2D eigenvalue weighted by Crippen LogP contribution is 2.22. The Morgan fingerprint density at radius 2 is 1.73 bits per heavy atom. The smallest absolute Gasteiger partial charge is 0.200 e. The molecule has 1 fully saturated rings. The molecule has 0 aliphatic heterocycles. The van der Waals surface area contributed by atoms with Gasteiger partial charge in [-0.1, -0.05) is 19.3 Å². The minimum Gasteiger partial charge on any atom is -0.200 e. The third-order valence-electron chi connectivity index (χ3n) is 2.85. The van der Waals surface area contributed by atoms with Gasteiger partial charge in [0.15, 0.2) is 0 Å². The van der Waals surface area contributed by atoms with E-state index in [2.05, 4.69) is 4.72 Å². The lowest BCUT2D eigenvalue weighted by Gasteiger charge is -2.30. The van der Waals surface area contributed by atoms with Gasteiger partial charge in [0.1, 0.15) is 0 Å². The average Bonchev–Trinajstić information content (AvgIpc) is 2.16. The third kappa shape index (κ3) is 3.74. The fourth-order valence-electron chi connectivity index (χ4n) is 2.02. The van der Waals surface area contributed by atoms with E-state index in [-0.39, 0.29) is 12.1 Å². The molecule has 0 saturated heterocycles. The number of nitrogens with one attached hydrogen (secondary N) is 1. The molecule has 0 aromatic rings. The minimum atomic E-state index is -3.28. The fourth-order valence-corrected chi connectivity index (χ4v) is 3.39. The summed E-state index contributed by atoms with van der Waals surface area (Å²) in [6.45, 7) is 3.68. The maximum Gasteiger partial charge on any atom is 0.279 e. The Morgan fingerprint density at radius 1 is 1.20 bits per heavy atom. The van der Waals surface area contributed by atoms with Gasteiger partial charge >= 0.3 is 0 Å². The van der Waals surface area contributed by atoms with Gasteiger partial charge in [-0.25, -0.2) is 0 Å². The minimum absolute atomic E-state index is 0.0407. The van der Waals surface area contributed by atoms with Crippen LogP contribution in [-0.2, 0) is 10.2 Å². The molecule has 90 valence electrons. The fraction of sp³-hybridized carbons (Fsp3) is 1.00. The zero-order valence-electron chi connectivity index (χ0n) is 9.86. The van der Waals surface area contributed by atoms with Crippen LogP contribution >= 0.6 is 0 Å². The van der Waals surface area contributed by atoms with Crippen molar-refractivity contribution >= 4 is 10.2 Å². The van der Waals surface area contributed by atoms with Gasteiger partial charge < -0.3 is 0 Å². The van der Waals surface area contributed by atoms with Crippen molar-refractivity contribution in [3.8, 4) is 0 Å². The van der Waals surface area contributed by atoms with Crippen molar-refractivity contribution in [3.63, 3.8) is 0 Å². The van der Waals surface area contributed by atoms with Gasteiger partial charge in [0, 0.05) is 19.1 Å². The zero-order chi connectivity index (χ0) is 11.5. The van der Waals surface area contributed by atoms with E-state index in [0.717, 1.165) is 25.7 Å². The van der Waals surface area contributed by atoms with E-state index >= 15 is 0 Å². The molecule has 0 atom stereocenters.